The molecule has 4 nitrogen and oxygen atoms in total. The average molecular weight is 464 g/mol. The Balaban J connectivity index is 2.62. The maximum atomic E-state index is 11.5. The van der Waals surface area contributed by atoms with Crippen LogP contribution in [0.5, 0.6) is 0 Å². The minimum atomic E-state index is -2.20. The monoisotopic (exact) mass is 461 g/mol. The van der Waals surface area contributed by atoms with Crippen molar-refractivity contribution in [1.82, 2.24) is 0 Å². The molecule has 0 amide bonds. The smallest absolute Gasteiger partial charge is 0.338 e. The van der Waals surface area contributed by atoms with Gasteiger partial charge in [-0.25, -0.2) is 4.79 Å². The Bertz CT molecular complexity index is 441. The van der Waals surface area contributed by atoms with E-state index in [0.717, 1.165) is 5.56 Å². The largest absolute Gasteiger partial charge is 0.772 e. The second kappa shape index (κ2) is 7.14. The first kappa shape index (κ1) is 16.3. The third-order valence-electron chi connectivity index (χ3n) is 1.93. The van der Waals surface area contributed by atoms with Gasteiger partial charge in [0.1, 0.15) is 6.61 Å². The molecule has 8 heteroatoms. The van der Waals surface area contributed by atoms with Crippen LogP contribution in [0.2, 0.25) is 0 Å². The van der Waals surface area contributed by atoms with E-state index in [1.165, 1.54) is 0 Å². The highest BCUT2D eigenvalue weighted by Crippen LogP contribution is 2.44. The van der Waals surface area contributed by atoms with Crippen molar-refractivity contribution in [3.8, 4) is 0 Å². The molecule has 0 heterocycles. The van der Waals surface area contributed by atoms with Crippen molar-refractivity contribution >= 4 is 64.8 Å². The first-order valence-electron chi connectivity index (χ1n) is 4.71. The summed E-state index contributed by atoms with van der Waals surface area (Å²) in [4.78, 5) is 11.5. The molecule has 0 aliphatic rings. The normalized spacial score (nSPS) is 13.1. The summed E-state index contributed by atoms with van der Waals surface area (Å²) in [5.74, 6) is -0.742. The predicted molar refractivity (Wildman–Crippen MR) is 79.0 cm³/mol. The summed E-state index contributed by atoms with van der Waals surface area (Å²) in [6.45, 7) is -0.143. The molecule has 0 aliphatic heterocycles. The fourth-order valence-electron chi connectivity index (χ4n) is 1.08. The quantitative estimate of drug-likeness (QED) is 0.391. The number of rotatable bonds is 4. The van der Waals surface area contributed by atoms with Crippen LogP contribution in [0.3, 0.4) is 0 Å². The minimum Gasteiger partial charge on any atom is -0.772 e. The van der Waals surface area contributed by atoms with Gasteiger partial charge in [0.15, 0.2) is 2.14 Å². The Labute approximate surface area is 132 Å². The number of benzene rings is 1. The van der Waals surface area contributed by atoms with Gasteiger partial charge in [0.05, 0.1) is 5.56 Å². The maximum Gasteiger partial charge on any atom is 0.338 e. The van der Waals surface area contributed by atoms with E-state index in [9.17, 15) is 13.6 Å². The molecule has 1 atom stereocenters. The Morgan fingerprint density at radius 3 is 2.28 bits per heavy atom. The number of ether oxygens (including phenoxy) is 1. The van der Waals surface area contributed by atoms with Crippen molar-refractivity contribution in [3.63, 3.8) is 0 Å². The summed E-state index contributed by atoms with van der Waals surface area (Å²) in [6.07, 6.45) is 0. The summed E-state index contributed by atoms with van der Waals surface area (Å²) >= 11 is 7.86. The number of esters is 1. The van der Waals surface area contributed by atoms with E-state index in [1.54, 1.807) is 24.3 Å². The lowest BCUT2D eigenvalue weighted by atomic mass is 10.1. The molecule has 0 N–H and O–H groups in total. The molecule has 0 aromatic heterocycles. The van der Waals surface area contributed by atoms with Crippen molar-refractivity contribution in [2.24, 2.45) is 0 Å². The molecule has 0 bridgehead atoms. The Kier molecular flexibility index (Phi) is 6.46. The molecule has 0 saturated heterocycles. The zero-order valence-electron chi connectivity index (χ0n) is 8.90. The molecule has 18 heavy (non-hydrogen) atoms. The van der Waals surface area contributed by atoms with E-state index in [2.05, 4.69) is 47.8 Å². The van der Waals surface area contributed by atoms with Gasteiger partial charge in [-0.15, -0.1) is 0 Å². The van der Waals surface area contributed by atoms with Crippen LogP contribution < -0.4 is 0 Å². The Morgan fingerprint density at radius 1 is 1.28 bits per heavy atom. The predicted octanol–water partition coefficient (Wildman–Crippen LogP) is 3.02. The fraction of sp³-hybridized carbons (Fsp3) is 0.300. The van der Waals surface area contributed by atoms with Crippen LogP contribution in [0.4, 0.5) is 0 Å². The zero-order valence-corrected chi connectivity index (χ0v) is 14.5. The van der Waals surface area contributed by atoms with Crippen LogP contribution in [-0.2, 0) is 18.0 Å². The molecule has 100 valence electrons. The van der Waals surface area contributed by atoms with Crippen molar-refractivity contribution < 1.29 is 18.3 Å². The number of halogens is 3. The molecule has 0 spiro atoms. The van der Waals surface area contributed by atoms with Gasteiger partial charge in [0.2, 0.25) is 0 Å². The van der Waals surface area contributed by atoms with Crippen LogP contribution in [0, 0.1) is 0 Å². The highest BCUT2D eigenvalue weighted by Gasteiger charge is 2.20. The number of carbonyl (C=O) groups is 1. The summed E-state index contributed by atoms with van der Waals surface area (Å²) in [6, 6.07) is 6.68. The standard InChI is InChI=1S/C10H9Br3O4S/c11-10(12,13)8-3-1-7(2-4-8)9(14)17-5-6-18(15)16/h1-4H,5-6H2,(H,15,16)/p-1. The van der Waals surface area contributed by atoms with Crippen LogP contribution in [0.25, 0.3) is 0 Å². The lowest BCUT2D eigenvalue weighted by Gasteiger charge is -2.12. The van der Waals surface area contributed by atoms with Crippen molar-refractivity contribution in [3.05, 3.63) is 35.4 Å². The van der Waals surface area contributed by atoms with Crippen molar-refractivity contribution in [2.45, 2.75) is 2.14 Å². The van der Waals surface area contributed by atoms with Gasteiger partial charge in [0.25, 0.3) is 0 Å². The van der Waals surface area contributed by atoms with Gasteiger partial charge >= 0.3 is 5.97 Å². The van der Waals surface area contributed by atoms with E-state index in [4.69, 9.17) is 4.74 Å². The second-order valence-electron chi connectivity index (χ2n) is 3.22. The average Bonchev–Trinajstić information content (AvgIpc) is 2.27. The zero-order chi connectivity index (χ0) is 13.8. The number of alkyl halides is 3. The second-order valence-corrected chi connectivity index (χ2v) is 11.0. The number of hydrogen-bond donors (Lipinski definition) is 0. The van der Waals surface area contributed by atoms with Gasteiger partial charge in [-0.05, 0) is 17.7 Å². The topological polar surface area (TPSA) is 66.4 Å². The summed E-state index contributed by atoms with van der Waals surface area (Å²) < 4.78 is 24.8. The highest BCUT2D eigenvalue weighted by molar-refractivity contribution is 9.38. The molecular weight excluding hydrogens is 456 g/mol. The first-order valence-corrected chi connectivity index (χ1v) is 8.33. The fourth-order valence-corrected chi connectivity index (χ4v) is 2.09. The molecule has 1 rings (SSSR count). The molecule has 1 unspecified atom stereocenters. The molecule has 0 radical (unpaired) electrons. The number of carbonyl (C=O) groups excluding carboxylic acids is 1. The Morgan fingerprint density at radius 2 is 1.83 bits per heavy atom. The van der Waals surface area contributed by atoms with Crippen molar-refractivity contribution in [2.75, 3.05) is 12.4 Å². The van der Waals surface area contributed by atoms with E-state index >= 15 is 0 Å². The van der Waals surface area contributed by atoms with Gasteiger partial charge in [-0.1, -0.05) is 71.0 Å². The molecule has 1 aromatic rings. The molecule has 0 fully saturated rings. The molecule has 0 aliphatic carbocycles. The Hall–Kier alpha value is 0.240. The van der Waals surface area contributed by atoms with Gasteiger partial charge in [0, 0.05) is 5.75 Å². The molecule has 0 saturated carbocycles. The van der Waals surface area contributed by atoms with E-state index in [1.807, 2.05) is 0 Å². The summed E-state index contributed by atoms with van der Waals surface area (Å²) in [5.41, 5.74) is 1.24. The molecular formula is C10H8Br3O4S-. The lowest BCUT2D eigenvalue weighted by molar-refractivity contribution is 0.0529. The van der Waals surface area contributed by atoms with Crippen LogP contribution >= 0.6 is 47.8 Å². The third-order valence-corrected chi connectivity index (χ3v) is 3.80. The maximum absolute atomic E-state index is 11.5. The SMILES string of the molecule is O=C(OCCS(=O)[O-])c1ccc(C(Br)(Br)Br)cc1. The van der Waals surface area contributed by atoms with Gasteiger partial charge < -0.3 is 9.29 Å². The van der Waals surface area contributed by atoms with E-state index < -0.39 is 19.2 Å². The van der Waals surface area contributed by atoms with E-state index in [-0.39, 0.29) is 12.4 Å². The highest BCUT2D eigenvalue weighted by atomic mass is 80.0. The van der Waals surface area contributed by atoms with Gasteiger partial charge in [-0.2, -0.15) is 0 Å². The summed E-state index contributed by atoms with van der Waals surface area (Å²) in [5, 5.41) is 0. The third kappa shape index (κ3) is 5.48. The lowest BCUT2D eigenvalue weighted by Crippen LogP contribution is -2.11. The first-order chi connectivity index (χ1) is 8.30. The number of hydrogen-bond acceptors (Lipinski definition) is 4. The molecule has 1 aromatic carbocycles. The minimum absolute atomic E-state index is 0.143. The summed E-state index contributed by atoms with van der Waals surface area (Å²) in [7, 11) is 0. The van der Waals surface area contributed by atoms with Crippen LogP contribution in [-0.4, -0.2) is 27.1 Å². The van der Waals surface area contributed by atoms with Crippen molar-refractivity contribution in [1.29, 1.82) is 0 Å². The van der Waals surface area contributed by atoms with E-state index in [0.29, 0.717) is 5.56 Å². The van der Waals surface area contributed by atoms with Gasteiger partial charge in [-0.3, -0.25) is 4.21 Å². The van der Waals surface area contributed by atoms with Crippen LogP contribution in [0.1, 0.15) is 15.9 Å². The van der Waals surface area contributed by atoms with Crippen LogP contribution in [0.15, 0.2) is 24.3 Å².